The maximum absolute atomic E-state index is 10.8. The monoisotopic (exact) mass is 194 g/mol. The molecule has 2 unspecified atom stereocenters. The number of rotatable bonds is 1. The Kier molecular flexibility index (Phi) is 2.38. The molecule has 0 aliphatic heterocycles. The third kappa shape index (κ3) is 1.47. The van der Waals surface area contributed by atoms with Crippen molar-refractivity contribution >= 4 is 5.97 Å². The lowest BCUT2D eigenvalue weighted by Crippen LogP contribution is -2.27. The Balaban J connectivity index is 2.11. The highest BCUT2D eigenvalue weighted by atomic mass is 16.4. The van der Waals surface area contributed by atoms with Crippen molar-refractivity contribution < 1.29 is 9.90 Å². The van der Waals surface area contributed by atoms with Gasteiger partial charge >= 0.3 is 5.97 Å². The molecule has 0 amide bonds. The Morgan fingerprint density at radius 3 is 2.79 bits per heavy atom. The van der Waals surface area contributed by atoms with E-state index in [1.165, 1.54) is 19.3 Å². The number of hydrogen-bond acceptors (Lipinski definition) is 1. The highest BCUT2D eigenvalue weighted by molar-refractivity contribution is 5.86. The Bertz CT molecular complexity index is 280. The molecule has 2 aliphatic carbocycles. The van der Waals surface area contributed by atoms with Crippen molar-refractivity contribution in [2.75, 3.05) is 0 Å². The fraction of sp³-hybridized carbons (Fsp3) is 0.750. The molecule has 2 nitrogen and oxygen atoms in total. The van der Waals surface area contributed by atoms with E-state index < -0.39 is 5.97 Å². The van der Waals surface area contributed by atoms with Gasteiger partial charge in [-0.05, 0) is 37.0 Å². The van der Waals surface area contributed by atoms with Crippen molar-refractivity contribution in [3.05, 3.63) is 11.6 Å². The number of allylic oxidation sites excluding steroid dienone is 1. The standard InChI is InChI=1S/C12H18O2/c1-9-3-2-6-12(9)7-4-10(5-8-12)11(13)14/h4,9H,2-3,5-8H2,1H3,(H,13,14). The number of carboxylic acids is 1. The van der Waals surface area contributed by atoms with Gasteiger partial charge in [0, 0.05) is 5.57 Å². The minimum absolute atomic E-state index is 0.457. The van der Waals surface area contributed by atoms with Gasteiger partial charge in [-0.2, -0.15) is 0 Å². The predicted octanol–water partition coefficient (Wildman–Crippen LogP) is 2.99. The van der Waals surface area contributed by atoms with E-state index in [9.17, 15) is 4.79 Å². The van der Waals surface area contributed by atoms with Gasteiger partial charge in [0.15, 0.2) is 0 Å². The summed E-state index contributed by atoms with van der Waals surface area (Å²) in [7, 11) is 0. The second kappa shape index (κ2) is 3.41. The molecule has 0 aromatic heterocycles. The van der Waals surface area contributed by atoms with Crippen molar-refractivity contribution in [1.29, 1.82) is 0 Å². The average Bonchev–Trinajstić information content (AvgIpc) is 2.49. The topological polar surface area (TPSA) is 37.3 Å². The molecule has 1 fully saturated rings. The molecule has 0 aromatic carbocycles. The summed E-state index contributed by atoms with van der Waals surface area (Å²) in [6, 6.07) is 0. The molecule has 14 heavy (non-hydrogen) atoms. The first-order chi connectivity index (χ1) is 6.64. The van der Waals surface area contributed by atoms with Gasteiger partial charge in [-0.1, -0.05) is 25.8 Å². The van der Waals surface area contributed by atoms with Gasteiger partial charge in [0.2, 0.25) is 0 Å². The van der Waals surface area contributed by atoms with E-state index in [1.807, 2.05) is 6.08 Å². The molecule has 0 heterocycles. The molecule has 2 rings (SSSR count). The summed E-state index contributed by atoms with van der Waals surface area (Å²) in [5.41, 5.74) is 1.09. The van der Waals surface area contributed by atoms with E-state index in [0.29, 0.717) is 11.0 Å². The molecule has 0 saturated heterocycles. The van der Waals surface area contributed by atoms with Gasteiger partial charge in [0.25, 0.3) is 0 Å². The van der Waals surface area contributed by atoms with Crippen LogP contribution in [0, 0.1) is 11.3 Å². The van der Waals surface area contributed by atoms with E-state index >= 15 is 0 Å². The first-order valence-corrected chi connectivity index (χ1v) is 5.56. The number of hydrogen-bond donors (Lipinski definition) is 1. The normalized spacial score (nSPS) is 37.2. The second-order valence-electron chi connectivity index (χ2n) is 4.89. The molecule has 0 bridgehead atoms. The summed E-state index contributed by atoms with van der Waals surface area (Å²) in [5, 5.41) is 8.87. The molecular formula is C12H18O2. The lowest BCUT2D eigenvalue weighted by molar-refractivity contribution is -0.133. The Morgan fingerprint density at radius 1 is 1.57 bits per heavy atom. The molecule has 1 saturated carbocycles. The van der Waals surface area contributed by atoms with Crippen LogP contribution in [0.2, 0.25) is 0 Å². The van der Waals surface area contributed by atoms with Crippen LogP contribution in [0.1, 0.15) is 45.4 Å². The van der Waals surface area contributed by atoms with Crippen molar-refractivity contribution in [3.63, 3.8) is 0 Å². The lowest BCUT2D eigenvalue weighted by Gasteiger charge is -2.36. The summed E-state index contributed by atoms with van der Waals surface area (Å²) in [6.07, 6.45) is 8.79. The minimum Gasteiger partial charge on any atom is -0.478 e. The molecule has 2 atom stereocenters. The van der Waals surface area contributed by atoms with Crippen LogP contribution < -0.4 is 0 Å². The van der Waals surface area contributed by atoms with Crippen molar-refractivity contribution in [2.24, 2.45) is 11.3 Å². The van der Waals surface area contributed by atoms with Crippen LogP contribution in [-0.2, 0) is 4.79 Å². The van der Waals surface area contributed by atoms with Gasteiger partial charge in [-0.15, -0.1) is 0 Å². The maximum Gasteiger partial charge on any atom is 0.331 e. The summed E-state index contributed by atoms with van der Waals surface area (Å²) in [5.74, 6) is 0.0691. The van der Waals surface area contributed by atoms with Crippen LogP contribution >= 0.6 is 0 Å². The summed E-state index contributed by atoms with van der Waals surface area (Å²) < 4.78 is 0. The van der Waals surface area contributed by atoms with Crippen LogP contribution in [0.25, 0.3) is 0 Å². The minimum atomic E-state index is -0.717. The maximum atomic E-state index is 10.8. The third-order valence-corrected chi connectivity index (χ3v) is 4.28. The van der Waals surface area contributed by atoms with Crippen LogP contribution in [0.4, 0.5) is 0 Å². The highest BCUT2D eigenvalue weighted by Crippen LogP contribution is 2.51. The zero-order chi connectivity index (χ0) is 10.2. The van der Waals surface area contributed by atoms with Gasteiger partial charge < -0.3 is 5.11 Å². The quantitative estimate of drug-likeness (QED) is 0.696. The van der Waals surface area contributed by atoms with Gasteiger partial charge in [-0.3, -0.25) is 0 Å². The van der Waals surface area contributed by atoms with Crippen LogP contribution in [0.5, 0.6) is 0 Å². The Morgan fingerprint density at radius 2 is 2.36 bits per heavy atom. The van der Waals surface area contributed by atoms with E-state index in [0.717, 1.165) is 25.2 Å². The third-order valence-electron chi connectivity index (χ3n) is 4.28. The first kappa shape index (κ1) is 9.75. The largest absolute Gasteiger partial charge is 0.478 e. The fourth-order valence-electron chi connectivity index (χ4n) is 3.10. The van der Waals surface area contributed by atoms with E-state index in [1.54, 1.807) is 0 Å². The van der Waals surface area contributed by atoms with Gasteiger partial charge in [-0.25, -0.2) is 4.79 Å². The number of aliphatic carboxylic acids is 1. The first-order valence-electron chi connectivity index (χ1n) is 5.56. The number of carbonyl (C=O) groups is 1. The Labute approximate surface area is 85.0 Å². The van der Waals surface area contributed by atoms with Crippen molar-refractivity contribution in [1.82, 2.24) is 0 Å². The molecule has 78 valence electrons. The SMILES string of the molecule is CC1CCCC12CC=C(C(=O)O)CC2. The van der Waals surface area contributed by atoms with E-state index in [4.69, 9.17) is 5.11 Å². The Hall–Kier alpha value is -0.790. The molecule has 0 radical (unpaired) electrons. The molecule has 2 aliphatic rings. The lowest BCUT2D eigenvalue weighted by atomic mass is 9.69. The average molecular weight is 194 g/mol. The van der Waals surface area contributed by atoms with Crippen LogP contribution in [0.3, 0.4) is 0 Å². The van der Waals surface area contributed by atoms with Gasteiger partial charge in [0.05, 0.1) is 0 Å². The highest BCUT2D eigenvalue weighted by Gasteiger charge is 2.41. The second-order valence-corrected chi connectivity index (χ2v) is 4.89. The zero-order valence-electron chi connectivity index (χ0n) is 8.75. The molecule has 2 heteroatoms. The summed E-state index contributed by atoms with van der Waals surface area (Å²) in [4.78, 5) is 10.8. The molecule has 1 spiro atoms. The van der Waals surface area contributed by atoms with E-state index in [-0.39, 0.29) is 0 Å². The van der Waals surface area contributed by atoms with E-state index in [2.05, 4.69) is 6.92 Å². The van der Waals surface area contributed by atoms with Gasteiger partial charge in [0.1, 0.15) is 0 Å². The smallest absolute Gasteiger partial charge is 0.331 e. The molecule has 0 aromatic rings. The molecular weight excluding hydrogens is 176 g/mol. The fourth-order valence-corrected chi connectivity index (χ4v) is 3.10. The summed E-state index contributed by atoms with van der Waals surface area (Å²) >= 11 is 0. The molecule has 1 N–H and O–H groups in total. The zero-order valence-corrected chi connectivity index (χ0v) is 8.75. The van der Waals surface area contributed by atoms with Crippen molar-refractivity contribution in [2.45, 2.75) is 45.4 Å². The summed E-state index contributed by atoms with van der Waals surface area (Å²) in [6.45, 7) is 2.33. The van der Waals surface area contributed by atoms with Crippen LogP contribution in [0.15, 0.2) is 11.6 Å². The van der Waals surface area contributed by atoms with Crippen molar-refractivity contribution in [3.8, 4) is 0 Å². The predicted molar refractivity (Wildman–Crippen MR) is 55.0 cm³/mol. The van der Waals surface area contributed by atoms with Crippen LogP contribution in [-0.4, -0.2) is 11.1 Å². The number of carboxylic acid groups (broad SMARTS) is 1.